The predicted octanol–water partition coefficient (Wildman–Crippen LogP) is 15.8. The molecule has 1 spiro atoms. The van der Waals surface area contributed by atoms with Gasteiger partial charge in [0.15, 0.2) is 0 Å². The van der Waals surface area contributed by atoms with E-state index in [4.69, 9.17) is 0 Å². The van der Waals surface area contributed by atoms with Crippen LogP contribution in [0.2, 0.25) is 0 Å². The molecule has 11 rings (SSSR count). The van der Waals surface area contributed by atoms with Crippen molar-refractivity contribution in [3.8, 4) is 55.6 Å². The third-order valence-corrected chi connectivity index (χ3v) is 12.8. The van der Waals surface area contributed by atoms with Crippen molar-refractivity contribution in [2.45, 2.75) is 31.1 Å². The van der Waals surface area contributed by atoms with Crippen molar-refractivity contribution < 1.29 is 0 Å². The van der Waals surface area contributed by atoms with Gasteiger partial charge in [-0.25, -0.2) is 0 Å². The number of para-hydroxylation sites is 1. The van der Waals surface area contributed by atoms with Crippen LogP contribution in [-0.2, 0) is 5.41 Å². The standard InChI is InChI=1S/C57H43N/c1-2-17-42(18-3-1)47-20-6-7-21-48(47)49-22-8-9-23-50(49)52-25-11-13-27-56(52)58(45-32-30-41(31-33-45)44-29-28-40-16-4-5-19-43(40)38-44)46-34-35-55-53(39-46)51-24-10-12-26-54(51)57(55)36-14-15-37-57/h1-13,16-35,38-39H,14-15,36-37H2. The highest BCUT2D eigenvalue weighted by atomic mass is 15.1. The van der Waals surface area contributed by atoms with Gasteiger partial charge in [-0.15, -0.1) is 0 Å². The lowest BCUT2D eigenvalue weighted by molar-refractivity contribution is 0.550. The summed E-state index contributed by atoms with van der Waals surface area (Å²) in [5.41, 5.74) is 19.0. The van der Waals surface area contributed by atoms with Gasteiger partial charge in [-0.1, -0.05) is 189 Å². The summed E-state index contributed by atoms with van der Waals surface area (Å²) in [7, 11) is 0. The Labute approximate surface area is 341 Å². The van der Waals surface area contributed by atoms with Crippen molar-refractivity contribution in [1.82, 2.24) is 0 Å². The maximum atomic E-state index is 2.49. The smallest absolute Gasteiger partial charge is 0.0540 e. The first kappa shape index (κ1) is 34.3. The molecular formula is C57H43N. The Kier molecular flexibility index (Phi) is 8.40. The second-order valence-electron chi connectivity index (χ2n) is 16.0. The van der Waals surface area contributed by atoms with Crippen LogP contribution in [0.15, 0.2) is 212 Å². The maximum Gasteiger partial charge on any atom is 0.0540 e. The Bertz CT molecular complexity index is 2950. The van der Waals surface area contributed by atoms with E-state index < -0.39 is 0 Å². The lowest BCUT2D eigenvalue weighted by Crippen LogP contribution is -2.20. The molecule has 2 aliphatic rings. The Morgan fingerprint density at radius 2 is 0.845 bits per heavy atom. The monoisotopic (exact) mass is 741 g/mol. The topological polar surface area (TPSA) is 3.24 Å². The van der Waals surface area contributed by atoms with Crippen molar-refractivity contribution in [3.05, 3.63) is 223 Å². The molecule has 0 N–H and O–H groups in total. The van der Waals surface area contributed by atoms with E-state index in [2.05, 4.69) is 217 Å². The van der Waals surface area contributed by atoms with E-state index in [-0.39, 0.29) is 5.41 Å². The van der Waals surface area contributed by atoms with Gasteiger partial charge >= 0.3 is 0 Å². The lowest BCUT2D eigenvalue weighted by Gasteiger charge is -2.30. The summed E-state index contributed by atoms with van der Waals surface area (Å²) in [4.78, 5) is 2.49. The van der Waals surface area contributed by atoms with E-state index in [9.17, 15) is 0 Å². The van der Waals surface area contributed by atoms with E-state index >= 15 is 0 Å². The molecule has 0 radical (unpaired) electrons. The van der Waals surface area contributed by atoms with Crippen molar-refractivity contribution in [2.75, 3.05) is 4.90 Å². The number of hydrogen-bond acceptors (Lipinski definition) is 1. The number of rotatable bonds is 7. The van der Waals surface area contributed by atoms with E-state index in [0.717, 1.165) is 17.1 Å². The summed E-state index contributed by atoms with van der Waals surface area (Å²) in [5.74, 6) is 0. The van der Waals surface area contributed by atoms with Gasteiger partial charge in [-0.3, -0.25) is 0 Å². The number of benzene rings is 9. The van der Waals surface area contributed by atoms with Gasteiger partial charge in [0.05, 0.1) is 5.69 Å². The third kappa shape index (κ3) is 5.69. The first-order valence-corrected chi connectivity index (χ1v) is 20.7. The molecule has 1 heteroatoms. The summed E-state index contributed by atoms with van der Waals surface area (Å²) in [6, 6.07) is 78.5. The molecule has 1 fully saturated rings. The SMILES string of the molecule is c1ccc(-c2ccccc2-c2ccccc2-c2ccccc2N(c2ccc(-c3ccc4ccccc4c3)cc2)c2ccc3c(c2)-c2ccccc2C32CCCC2)cc1. The average Bonchev–Trinajstić information content (AvgIpc) is 3.90. The summed E-state index contributed by atoms with van der Waals surface area (Å²) in [6.45, 7) is 0. The highest BCUT2D eigenvalue weighted by Gasteiger charge is 2.45. The van der Waals surface area contributed by atoms with Crippen LogP contribution < -0.4 is 4.90 Å². The van der Waals surface area contributed by atoms with E-state index in [0.29, 0.717) is 0 Å². The molecule has 276 valence electrons. The zero-order valence-electron chi connectivity index (χ0n) is 32.5. The van der Waals surface area contributed by atoms with Gasteiger partial charge in [-0.2, -0.15) is 0 Å². The Balaban J connectivity index is 1.09. The Hall–Kier alpha value is -6.96. The fourth-order valence-corrected chi connectivity index (χ4v) is 10.1. The molecule has 0 atom stereocenters. The molecule has 1 saturated carbocycles. The molecule has 0 unspecified atom stereocenters. The largest absolute Gasteiger partial charge is 0.310 e. The van der Waals surface area contributed by atoms with Gasteiger partial charge < -0.3 is 4.90 Å². The first-order chi connectivity index (χ1) is 28.7. The minimum atomic E-state index is 0.125. The summed E-state index contributed by atoms with van der Waals surface area (Å²) in [5, 5.41) is 2.51. The minimum absolute atomic E-state index is 0.125. The van der Waals surface area contributed by atoms with Gasteiger partial charge in [0.25, 0.3) is 0 Å². The fourth-order valence-electron chi connectivity index (χ4n) is 10.1. The summed E-state index contributed by atoms with van der Waals surface area (Å²) < 4.78 is 0. The van der Waals surface area contributed by atoms with Crippen LogP contribution in [0.1, 0.15) is 36.8 Å². The van der Waals surface area contributed by atoms with Crippen LogP contribution in [0, 0.1) is 0 Å². The van der Waals surface area contributed by atoms with Crippen LogP contribution in [0.5, 0.6) is 0 Å². The molecule has 58 heavy (non-hydrogen) atoms. The normalized spacial score (nSPS) is 13.7. The average molecular weight is 742 g/mol. The summed E-state index contributed by atoms with van der Waals surface area (Å²) in [6.07, 6.45) is 5.01. The quantitative estimate of drug-likeness (QED) is 0.157. The zero-order valence-corrected chi connectivity index (χ0v) is 32.5. The van der Waals surface area contributed by atoms with Crippen LogP contribution in [0.3, 0.4) is 0 Å². The molecule has 1 nitrogen and oxygen atoms in total. The number of anilines is 3. The van der Waals surface area contributed by atoms with Crippen LogP contribution in [-0.4, -0.2) is 0 Å². The van der Waals surface area contributed by atoms with Crippen LogP contribution in [0.4, 0.5) is 17.1 Å². The van der Waals surface area contributed by atoms with Gasteiger partial charge in [0.2, 0.25) is 0 Å². The van der Waals surface area contributed by atoms with Crippen LogP contribution >= 0.6 is 0 Å². The van der Waals surface area contributed by atoms with E-state index in [1.54, 1.807) is 0 Å². The second-order valence-corrected chi connectivity index (χ2v) is 16.0. The predicted molar refractivity (Wildman–Crippen MR) is 245 cm³/mol. The lowest BCUT2D eigenvalue weighted by atomic mass is 9.77. The molecule has 9 aromatic rings. The number of fused-ring (bicyclic) bond motifs is 6. The van der Waals surface area contributed by atoms with Crippen molar-refractivity contribution in [2.24, 2.45) is 0 Å². The third-order valence-electron chi connectivity index (χ3n) is 12.8. The van der Waals surface area contributed by atoms with Crippen molar-refractivity contribution >= 4 is 27.8 Å². The Morgan fingerprint density at radius 3 is 1.60 bits per heavy atom. The molecule has 0 amide bonds. The molecule has 0 saturated heterocycles. The number of hydrogen-bond donors (Lipinski definition) is 0. The van der Waals surface area contributed by atoms with Crippen molar-refractivity contribution in [1.29, 1.82) is 0 Å². The minimum Gasteiger partial charge on any atom is -0.310 e. The highest BCUT2D eigenvalue weighted by molar-refractivity contribution is 5.98. The zero-order chi connectivity index (χ0) is 38.5. The van der Waals surface area contributed by atoms with Crippen molar-refractivity contribution in [3.63, 3.8) is 0 Å². The van der Waals surface area contributed by atoms with Crippen LogP contribution in [0.25, 0.3) is 66.4 Å². The van der Waals surface area contributed by atoms with E-state index in [1.807, 2.05) is 0 Å². The first-order valence-electron chi connectivity index (χ1n) is 20.7. The molecule has 9 aromatic carbocycles. The second kappa shape index (κ2) is 14.2. The molecule has 0 aliphatic heterocycles. The summed E-state index contributed by atoms with van der Waals surface area (Å²) >= 11 is 0. The van der Waals surface area contributed by atoms with Gasteiger partial charge in [0, 0.05) is 22.4 Å². The maximum absolute atomic E-state index is 2.49. The molecule has 0 heterocycles. The van der Waals surface area contributed by atoms with E-state index in [1.165, 1.54) is 103 Å². The highest BCUT2D eigenvalue weighted by Crippen LogP contribution is 2.58. The molecule has 0 bridgehead atoms. The number of nitrogens with zero attached hydrogens (tertiary/aromatic N) is 1. The molecule has 2 aliphatic carbocycles. The van der Waals surface area contributed by atoms with Gasteiger partial charge in [0.1, 0.15) is 0 Å². The fraction of sp³-hybridized carbons (Fsp3) is 0.0877. The van der Waals surface area contributed by atoms with Gasteiger partial charge in [-0.05, 0) is 121 Å². The molecular weight excluding hydrogens is 699 g/mol. The Morgan fingerprint density at radius 1 is 0.310 bits per heavy atom. The molecule has 0 aromatic heterocycles.